The van der Waals surface area contributed by atoms with Crippen molar-refractivity contribution in [2.45, 2.75) is 12.8 Å². The van der Waals surface area contributed by atoms with E-state index in [1.807, 2.05) is 5.57 Å². The van der Waals surface area contributed by atoms with Crippen molar-refractivity contribution in [3.05, 3.63) is 11.6 Å². The molecule has 0 heterocycles. The zero-order valence-corrected chi connectivity index (χ0v) is 4.22. The van der Waals surface area contributed by atoms with E-state index in [1.54, 1.807) is 6.42 Å². The van der Waals surface area contributed by atoms with Gasteiger partial charge in [0.05, 0.1) is 0 Å². The number of hydrogen-bond donors (Lipinski definition) is 0. The lowest BCUT2D eigenvalue weighted by molar-refractivity contribution is 0.0408. The minimum atomic E-state index is 1.12. The highest BCUT2D eigenvalue weighted by Crippen LogP contribution is 2.68. The lowest BCUT2D eigenvalue weighted by atomic mass is 9.48. The Morgan fingerprint density at radius 2 is 2.29 bits per heavy atom. The van der Waals surface area contributed by atoms with E-state index in [2.05, 4.69) is 6.08 Å². The van der Waals surface area contributed by atoms with Gasteiger partial charge in [-0.25, -0.2) is 0 Å². The first-order chi connectivity index (χ1) is 3.47. The largest absolute Gasteiger partial charge is 0.0844 e. The van der Waals surface area contributed by atoms with Crippen LogP contribution in [0.2, 0.25) is 0 Å². The van der Waals surface area contributed by atoms with E-state index in [0.29, 0.717) is 0 Å². The van der Waals surface area contributed by atoms with Crippen LogP contribution >= 0.6 is 0 Å². The molecule has 0 radical (unpaired) electrons. The Morgan fingerprint density at radius 3 is 2.43 bits per heavy atom. The Bertz CT molecular complexity index is 143. The van der Waals surface area contributed by atoms with E-state index in [1.165, 1.54) is 6.42 Å². The van der Waals surface area contributed by atoms with Crippen LogP contribution in [0.15, 0.2) is 11.6 Å². The van der Waals surface area contributed by atoms with Crippen LogP contribution in [0.25, 0.3) is 0 Å². The normalized spacial score (nSPS) is 60.6. The fourth-order valence-corrected chi connectivity index (χ4v) is 2.37. The van der Waals surface area contributed by atoms with Crippen molar-refractivity contribution in [1.29, 1.82) is 0 Å². The SMILES string of the molecule is C1=C2C3CC2C3C1. The maximum atomic E-state index is 2.46. The van der Waals surface area contributed by atoms with Crippen LogP contribution < -0.4 is 0 Å². The van der Waals surface area contributed by atoms with Gasteiger partial charge >= 0.3 is 0 Å². The standard InChI is InChI=1S/C7H8/c1-2-5-6-3-7(5)4(1)6/h1,5-7H,2-3H2. The number of fused-ring (bicyclic) bond motifs is 1. The summed E-state index contributed by atoms with van der Waals surface area (Å²) in [5.41, 5.74) is 1.82. The van der Waals surface area contributed by atoms with Crippen LogP contribution in [-0.4, -0.2) is 0 Å². The van der Waals surface area contributed by atoms with Crippen molar-refractivity contribution in [3.8, 4) is 0 Å². The minimum absolute atomic E-state index is 1.12. The van der Waals surface area contributed by atoms with Gasteiger partial charge in [-0.15, -0.1) is 0 Å². The molecule has 0 N–H and O–H groups in total. The molecule has 2 atom stereocenters. The monoisotopic (exact) mass is 92.1 g/mol. The molecule has 4 bridgehead atoms. The second-order valence-electron chi connectivity index (χ2n) is 3.05. The second kappa shape index (κ2) is 0.594. The molecular weight excluding hydrogens is 84.1 g/mol. The highest BCUT2D eigenvalue weighted by atomic mass is 14.6. The first kappa shape index (κ1) is 2.91. The van der Waals surface area contributed by atoms with Gasteiger partial charge < -0.3 is 0 Å². The van der Waals surface area contributed by atoms with Crippen LogP contribution in [0.3, 0.4) is 0 Å². The fourth-order valence-electron chi connectivity index (χ4n) is 2.37. The third-order valence-electron chi connectivity index (χ3n) is 3.02. The summed E-state index contributed by atoms with van der Waals surface area (Å²) >= 11 is 0. The highest BCUT2D eigenvalue weighted by molar-refractivity contribution is 5.39. The summed E-state index contributed by atoms with van der Waals surface area (Å²) < 4.78 is 0. The van der Waals surface area contributed by atoms with Gasteiger partial charge in [0, 0.05) is 0 Å². The van der Waals surface area contributed by atoms with E-state index in [4.69, 9.17) is 0 Å². The van der Waals surface area contributed by atoms with Crippen LogP contribution in [0, 0.1) is 17.8 Å². The van der Waals surface area contributed by atoms with Gasteiger partial charge in [0.15, 0.2) is 0 Å². The molecule has 0 amide bonds. The minimum Gasteiger partial charge on any atom is -0.0844 e. The topological polar surface area (TPSA) is 0 Å². The van der Waals surface area contributed by atoms with Crippen molar-refractivity contribution >= 4 is 0 Å². The van der Waals surface area contributed by atoms with Gasteiger partial charge in [0.25, 0.3) is 0 Å². The molecule has 0 spiro atoms. The van der Waals surface area contributed by atoms with Crippen LogP contribution in [0.1, 0.15) is 12.8 Å². The van der Waals surface area contributed by atoms with Gasteiger partial charge in [0.2, 0.25) is 0 Å². The van der Waals surface area contributed by atoms with Gasteiger partial charge in [-0.05, 0) is 30.6 Å². The Hall–Kier alpha value is -0.260. The van der Waals surface area contributed by atoms with Gasteiger partial charge in [0.1, 0.15) is 0 Å². The van der Waals surface area contributed by atoms with E-state index in [-0.39, 0.29) is 0 Å². The first-order valence-electron chi connectivity index (χ1n) is 3.17. The van der Waals surface area contributed by atoms with Gasteiger partial charge in [-0.1, -0.05) is 11.6 Å². The summed E-state index contributed by atoms with van der Waals surface area (Å²) in [7, 11) is 0. The predicted molar refractivity (Wildman–Crippen MR) is 27.8 cm³/mol. The van der Waals surface area contributed by atoms with Crippen molar-refractivity contribution in [3.63, 3.8) is 0 Å². The van der Waals surface area contributed by atoms with Crippen LogP contribution in [0.4, 0.5) is 0 Å². The van der Waals surface area contributed by atoms with Crippen molar-refractivity contribution < 1.29 is 0 Å². The summed E-state index contributed by atoms with van der Waals surface area (Å²) in [4.78, 5) is 0. The molecule has 3 saturated carbocycles. The Balaban J connectivity index is 2.24. The van der Waals surface area contributed by atoms with Crippen molar-refractivity contribution in [1.82, 2.24) is 0 Å². The second-order valence-corrected chi connectivity index (χ2v) is 3.05. The molecule has 7 heavy (non-hydrogen) atoms. The molecule has 0 nitrogen and oxygen atoms in total. The predicted octanol–water partition coefficient (Wildman–Crippen LogP) is 1.58. The maximum Gasteiger partial charge on any atom is -0.0157 e. The molecule has 0 aromatic rings. The van der Waals surface area contributed by atoms with Crippen molar-refractivity contribution in [2.75, 3.05) is 0 Å². The maximum absolute atomic E-state index is 2.46. The van der Waals surface area contributed by atoms with E-state index >= 15 is 0 Å². The Morgan fingerprint density at radius 1 is 1.43 bits per heavy atom. The summed E-state index contributed by atoms with van der Waals surface area (Å²) in [6.07, 6.45) is 5.45. The molecular formula is C7H8. The zero-order valence-electron chi connectivity index (χ0n) is 4.22. The molecule has 0 heteroatoms. The van der Waals surface area contributed by atoms with Gasteiger partial charge in [-0.2, -0.15) is 0 Å². The molecule has 2 unspecified atom stereocenters. The van der Waals surface area contributed by atoms with E-state index in [0.717, 1.165) is 17.8 Å². The van der Waals surface area contributed by atoms with Gasteiger partial charge in [-0.3, -0.25) is 0 Å². The molecule has 5 rings (SSSR count). The third-order valence-corrected chi connectivity index (χ3v) is 3.02. The van der Waals surface area contributed by atoms with Crippen LogP contribution in [0.5, 0.6) is 0 Å². The summed E-state index contributed by atoms with van der Waals surface area (Å²) in [6.45, 7) is 0. The molecule has 36 valence electrons. The molecule has 0 aliphatic heterocycles. The summed E-state index contributed by atoms with van der Waals surface area (Å²) in [5.74, 6) is 3.39. The Labute approximate surface area is 43.2 Å². The number of rotatable bonds is 0. The fraction of sp³-hybridized carbons (Fsp3) is 0.714. The average molecular weight is 92.1 g/mol. The van der Waals surface area contributed by atoms with E-state index < -0.39 is 0 Å². The average Bonchev–Trinajstić information content (AvgIpc) is 1.82. The lowest BCUT2D eigenvalue weighted by Gasteiger charge is -2.56. The zero-order chi connectivity index (χ0) is 4.43. The lowest BCUT2D eigenvalue weighted by Crippen LogP contribution is -2.48. The highest BCUT2D eigenvalue weighted by Gasteiger charge is 2.59. The molecule has 0 aromatic carbocycles. The molecule has 0 saturated heterocycles. The van der Waals surface area contributed by atoms with E-state index in [9.17, 15) is 0 Å². The molecule has 5 aliphatic rings. The third kappa shape index (κ3) is 0.131. The number of hydrogen-bond acceptors (Lipinski definition) is 0. The number of allylic oxidation sites excluding steroid dienone is 2. The summed E-state index contributed by atoms with van der Waals surface area (Å²) in [6, 6.07) is 0. The van der Waals surface area contributed by atoms with Crippen molar-refractivity contribution in [2.24, 2.45) is 17.8 Å². The first-order valence-corrected chi connectivity index (χ1v) is 3.17. The smallest absolute Gasteiger partial charge is 0.0157 e. The summed E-state index contributed by atoms with van der Waals surface area (Å²) in [5, 5.41) is 0. The molecule has 3 fully saturated rings. The van der Waals surface area contributed by atoms with Crippen LogP contribution in [-0.2, 0) is 0 Å². The quantitative estimate of drug-likeness (QED) is 0.398. The molecule has 5 aliphatic carbocycles. The Kier molecular flexibility index (Phi) is 0.247. The molecule has 0 aromatic heterocycles.